The van der Waals surface area contributed by atoms with Crippen LogP contribution in [0.4, 0.5) is 4.39 Å². The Morgan fingerprint density at radius 1 is 1.22 bits per heavy atom. The van der Waals surface area contributed by atoms with E-state index in [1.54, 1.807) is 0 Å². The fraction of sp³-hybridized carbons (Fsp3) is 0.444. The second kappa shape index (κ2) is 7.83. The molecule has 27 heavy (non-hydrogen) atoms. The van der Waals surface area contributed by atoms with Gasteiger partial charge in [-0.15, -0.1) is 0 Å². The second-order valence-electron chi connectivity index (χ2n) is 6.58. The van der Waals surface area contributed by atoms with Crippen molar-refractivity contribution in [1.29, 1.82) is 0 Å². The smallest absolute Gasteiger partial charge is 0.329 e. The highest BCUT2D eigenvalue weighted by Crippen LogP contribution is 2.22. The van der Waals surface area contributed by atoms with Gasteiger partial charge >= 0.3 is 5.97 Å². The number of amides is 2. The normalized spacial score (nSPS) is 19.4. The number of benzene rings is 1. The lowest BCUT2D eigenvalue weighted by Gasteiger charge is -2.34. The minimum atomic E-state index is -1.39. The van der Waals surface area contributed by atoms with E-state index in [1.807, 2.05) is 0 Å². The van der Waals surface area contributed by atoms with E-state index in [4.69, 9.17) is 4.74 Å². The van der Waals surface area contributed by atoms with E-state index in [0.29, 0.717) is 5.56 Å². The summed E-state index contributed by atoms with van der Waals surface area (Å²) in [5.41, 5.74) is -0.619. The third kappa shape index (κ3) is 4.30. The monoisotopic (exact) mass is 377 g/mol. The molecule has 0 bridgehead atoms. The van der Waals surface area contributed by atoms with Crippen LogP contribution in [0.5, 0.6) is 0 Å². The first kappa shape index (κ1) is 19.0. The van der Waals surface area contributed by atoms with Crippen LogP contribution < -0.4 is 5.32 Å². The summed E-state index contributed by atoms with van der Waals surface area (Å²) in [5, 5.41) is 17.4. The Hall–Kier alpha value is -2.81. The van der Waals surface area contributed by atoms with Gasteiger partial charge in [-0.3, -0.25) is 9.59 Å². The van der Waals surface area contributed by atoms with E-state index < -0.39 is 17.4 Å². The number of nitrogens with one attached hydrogen (secondary N) is 1. The second-order valence-corrected chi connectivity index (χ2v) is 6.58. The van der Waals surface area contributed by atoms with Crippen LogP contribution in [-0.4, -0.2) is 52.4 Å². The van der Waals surface area contributed by atoms with Crippen LogP contribution in [-0.2, 0) is 25.7 Å². The molecule has 2 aliphatic heterocycles. The van der Waals surface area contributed by atoms with Gasteiger partial charge in [-0.25, -0.2) is 14.2 Å². The number of hydrogen-bond donors (Lipinski definition) is 2. The van der Waals surface area contributed by atoms with Crippen LogP contribution in [0.25, 0.3) is 0 Å². The van der Waals surface area contributed by atoms with Crippen molar-refractivity contribution < 1.29 is 28.6 Å². The lowest BCUT2D eigenvalue weighted by Crippen LogP contribution is -2.59. The minimum absolute atomic E-state index is 0.0939. The number of carbonyl (C=O) groups excluding carboxylic acids is 2. The average molecular weight is 377 g/mol. The first-order valence-electron chi connectivity index (χ1n) is 8.65. The minimum Gasteiger partial charge on any atom is -0.480 e. The molecule has 1 fully saturated rings. The van der Waals surface area contributed by atoms with Crippen molar-refractivity contribution in [3.63, 3.8) is 0 Å². The maximum atomic E-state index is 13.0. The molecule has 0 unspecified atom stereocenters. The van der Waals surface area contributed by atoms with Crippen LogP contribution in [0.15, 0.2) is 29.4 Å². The molecule has 0 aliphatic carbocycles. The molecule has 9 heteroatoms. The topological polar surface area (TPSA) is 108 Å². The summed E-state index contributed by atoms with van der Waals surface area (Å²) in [6.07, 6.45) is 0.562. The van der Waals surface area contributed by atoms with E-state index in [9.17, 15) is 23.9 Å². The molecule has 0 spiro atoms. The lowest BCUT2D eigenvalue weighted by molar-refractivity contribution is -0.151. The van der Waals surface area contributed by atoms with Crippen molar-refractivity contribution >= 4 is 23.5 Å². The Morgan fingerprint density at radius 2 is 1.89 bits per heavy atom. The van der Waals surface area contributed by atoms with Crippen LogP contribution in [0, 0.1) is 5.82 Å². The number of rotatable bonds is 5. The molecule has 0 radical (unpaired) electrons. The van der Waals surface area contributed by atoms with E-state index in [0.717, 1.165) is 5.01 Å². The predicted molar refractivity (Wildman–Crippen MR) is 92.2 cm³/mol. The Labute approximate surface area is 155 Å². The highest BCUT2D eigenvalue weighted by Gasteiger charge is 2.42. The largest absolute Gasteiger partial charge is 0.480 e. The van der Waals surface area contributed by atoms with Crippen molar-refractivity contribution in [2.24, 2.45) is 5.10 Å². The number of halogens is 1. The third-order valence-electron chi connectivity index (χ3n) is 4.72. The van der Waals surface area contributed by atoms with Gasteiger partial charge in [-0.1, -0.05) is 12.1 Å². The van der Waals surface area contributed by atoms with Crippen LogP contribution in [0.3, 0.4) is 0 Å². The van der Waals surface area contributed by atoms with Crippen molar-refractivity contribution in [1.82, 2.24) is 10.3 Å². The van der Waals surface area contributed by atoms with Gasteiger partial charge in [-0.2, -0.15) is 5.10 Å². The summed E-state index contributed by atoms with van der Waals surface area (Å²) in [4.78, 5) is 36.4. The zero-order valence-electron chi connectivity index (χ0n) is 14.6. The molecule has 8 nitrogen and oxygen atoms in total. The van der Waals surface area contributed by atoms with Gasteiger partial charge in [0.1, 0.15) is 17.1 Å². The molecular weight excluding hydrogens is 357 g/mol. The predicted octanol–water partition coefficient (Wildman–Crippen LogP) is 1.05. The summed E-state index contributed by atoms with van der Waals surface area (Å²) in [6, 6.07) is 5.63. The Balaban J connectivity index is 1.74. The Bertz CT molecular complexity index is 772. The number of hydrazone groups is 1. The molecule has 2 heterocycles. The Kier molecular flexibility index (Phi) is 5.50. The molecule has 3 rings (SSSR count). The molecular formula is C18H20FN3O5. The molecule has 144 valence electrons. The molecule has 2 amide bonds. The molecule has 1 saturated heterocycles. The van der Waals surface area contributed by atoms with E-state index in [1.165, 1.54) is 24.3 Å². The van der Waals surface area contributed by atoms with Gasteiger partial charge in [0.15, 0.2) is 0 Å². The van der Waals surface area contributed by atoms with Crippen molar-refractivity contribution in [2.45, 2.75) is 37.8 Å². The highest BCUT2D eigenvalue weighted by molar-refractivity contribution is 6.40. The maximum absolute atomic E-state index is 13.0. The van der Waals surface area contributed by atoms with Gasteiger partial charge < -0.3 is 15.2 Å². The van der Waals surface area contributed by atoms with Crippen molar-refractivity contribution in [3.8, 4) is 0 Å². The average Bonchev–Trinajstić information content (AvgIpc) is 2.66. The first-order valence-corrected chi connectivity index (χ1v) is 8.65. The van der Waals surface area contributed by atoms with Crippen LogP contribution in [0.1, 0.15) is 31.2 Å². The van der Waals surface area contributed by atoms with Crippen LogP contribution >= 0.6 is 0 Å². The maximum Gasteiger partial charge on any atom is 0.329 e. The summed E-state index contributed by atoms with van der Waals surface area (Å²) in [5.74, 6) is -2.36. The molecule has 1 aromatic rings. The zero-order valence-corrected chi connectivity index (χ0v) is 14.6. The number of carboxylic acid groups (broad SMARTS) is 1. The number of ether oxygens (including phenoxy) is 1. The number of carbonyl (C=O) groups is 3. The third-order valence-corrected chi connectivity index (χ3v) is 4.72. The standard InChI is InChI=1S/C18H20FN3O5/c19-13-3-1-12(2-4-13)11-22-15(23)6-5-14(21-22)16(24)20-18(17(25)26)7-9-27-10-8-18/h1-4H,5-11H2,(H,20,24)(H,25,26). The molecule has 2 aliphatic rings. The van der Waals surface area contributed by atoms with Gasteiger partial charge in [0, 0.05) is 38.9 Å². The van der Waals surface area contributed by atoms with E-state index >= 15 is 0 Å². The van der Waals surface area contributed by atoms with Crippen LogP contribution in [0.2, 0.25) is 0 Å². The molecule has 0 aromatic heterocycles. The van der Waals surface area contributed by atoms with Gasteiger partial charge in [0.05, 0.1) is 6.54 Å². The van der Waals surface area contributed by atoms with E-state index in [2.05, 4.69) is 10.4 Å². The number of aliphatic carboxylic acids is 1. The SMILES string of the molecule is O=C(NC1(C(=O)O)CCOCC1)C1=NN(Cc2ccc(F)cc2)C(=O)CC1. The molecule has 1 aromatic carbocycles. The van der Waals surface area contributed by atoms with Crippen molar-refractivity contribution in [2.75, 3.05) is 13.2 Å². The van der Waals surface area contributed by atoms with E-state index in [-0.39, 0.29) is 62.9 Å². The molecule has 0 atom stereocenters. The van der Waals surface area contributed by atoms with Gasteiger partial charge in [-0.05, 0) is 17.7 Å². The number of nitrogens with zero attached hydrogens (tertiary/aromatic N) is 2. The zero-order chi connectivity index (χ0) is 19.4. The number of hydrogen-bond acceptors (Lipinski definition) is 5. The van der Waals surface area contributed by atoms with Crippen molar-refractivity contribution in [3.05, 3.63) is 35.6 Å². The fourth-order valence-corrected chi connectivity index (χ4v) is 3.05. The fourth-order valence-electron chi connectivity index (χ4n) is 3.05. The van der Waals surface area contributed by atoms with Gasteiger partial charge in [0.2, 0.25) is 5.91 Å². The first-order chi connectivity index (χ1) is 12.9. The van der Waals surface area contributed by atoms with Gasteiger partial charge in [0.25, 0.3) is 5.91 Å². The summed E-state index contributed by atoms with van der Waals surface area (Å²) < 4.78 is 18.2. The summed E-state index contributed by atoms with van der Waals surface area (Å²) >= 11 is 0. The molecule has 2 N–H and O–H groups in total. The highest BCUT2D eigenvalue weighted by atomic mass is 19.1. The molecule has 0 saturated carbocycles. The summed E-state index contributed by atoms with van der Waals surface area (Å²) in [6.45, 7) is 0.594. The summed E-state index contributed by atoms with van der Waals surface area (Å²) in [7, 11) is 0. The number of carboxylic acids is 1. The lowest BCUT2D eigenvalue weighted by atomic mass is 9.89. The quantitative estimate of drug-likeness (QED) is 0.798. The Morgan fingerprint density at radius 3 is 2.52 bits per heavy atom.